The molecule has 2 aromatic rings. The fourth-order valence-corrected chi connectivity index (χ4v) is 2.27. The molecule has 0 aliphatic rings. The lowest BCUT2D eigenvalue weighted by molar-refractivity contribution is 0.0915. The van der Waals surface area contributed by atoms with E-state index >= 15 is 0 Å². The molecule has 0 fully saturated rings. The third-order valence-corrected chi connectivity index (χ3v) is 3.65. The van der Waals surface area contributed by atoms with E-state index in [-0.39, 0.29) is 18.1 Å². The van der Waals surface area contributed by atoms with Gasteiger partial charge in [0, 0.05) is 12.3 Å². The van der Waals surface area contributed by atoms with E-state index in [2.05, 4.69) is 17.2 Å². The Morgan fingerprint density at radius 3 is 2.55 bits per heavy atom. The van der Waals surface area contributed by atoms with Crippen molar-refractivity contribution in [3.63, 3.8) is 0 Å². The summed E-state index contributed by atoms with van der Waals surface area (Å²) in [6.07, 6.45) is 2.33. The molecule has 5 nitrogen and oxygen atoms in total. The van der Waals surface area contributed by atoms with Gasteiger partial charge in [0.25, 0.3) is 5.91 Å². The predicted octanol–water partition coefficient (Wildman–Crippen LogP) is 1.71. The van der Waals surface area contributed by atoms with Crippen molar-refractivity contribution in [1.29, 1.82) is 0 Å². The van der Waals surface area contributed by atoms with Gasteiger partial charge in [-0.15, -0.1) is 0 Å². The Kier molecular flexibility index (Phi) is 5.12. The summed E-state index contributed by atoms with van der Waals surface area (Å²) in [5.41, 5.74) is 2.78. The Labute approximate surface area is 129 Å². The maximum Gasteiger partial charge on any atom is 0.253 e. The van der Waals surface area contributed by atoms with Crippen LogP contribution in [0, 0.1) is 6.92 Å². The third kappa shape index (κ3) is 3.62. The molecule has 0 spiro atoms. The highest BCUT2D eigenvalue weighted by atomic mass is 16.3. The van der Waals surface area contributed by atoms with E-state index < -0.39 is 6.04 Å². The van der Waals surface area contributed by atoms with Crippen molar-refractivity contribution in [2.75, 3.05) is 6.61 Å². The third-order valence-electron chi connectivity index (χ3n) is 3.65. The molecule has 3 N–H and O–H groups in total. The smallest absolute Gasteiger partial charge is 0.253 e. The van der Waals surface area contributed by atoms with Gasteiger partial charge in [-0.1, -0.05) is 31.2 Å². The first kappa shape index (κ1) is 16.0. The Balaban J connectivity index is 2.18. The van der Waals surface area contributed by atoms with Gasteiger partial charge in [0.05, 0.1) is 18.2 Å². The lowest BCUT2D eigenvalue weighted by Gasteiger charge is -2.17. The number of H-pyrrole nitrogens is 1. The minimum absolute atomic E-state index is 0.195. The van der Waals surface area contributed by atoms with Crippen molar-refractivity contribution in [1.82, 2.24) is 10.3 Å². The minimum atomic E-state index is -0.482. The van der Waals surface area contributed by atoms with Crippen molar-refractivity contribution in [3.8, 4) is 0 Å². The van der Waals surface area contributed by atoms with Gasteiger partial charge < -0.3 is 15.4 Å². The topological polar surface area (TPSA) is 82.2 Å². The standard InChI is InChI=1S/C17H20N2O3/c1-3-12-4-6-13(7-5-12)15(10-20)19-17(22)14-9-18-16(21)8-11(14)2/h4-9,15,20H,3,10H2,1-2H3,(H,18,21)(H,19,22). The molecule has 116 valence electrons. The van der Waals surface area contributed by atoms with Crippen molar-refractivity contribution in [2.45, 2.75) is 26.3 Å². The van der Waals surface area contributed by atoms with E-state index in [4.69, 9.17) is 0 Å². The molecular weight excluding hydrogens is 280 g/mol. The molecule has 0 radical (unpaired) electrons. The summed E-state index contributed by atoms with van der Waals surface area (Å²) in [5.74, 6) is -0.327. The van der Waals surface area contributed by atoms with Crippen molar-refractivity contribution in [3.05, 3.63) is 69.1 Å². The second-order valence-electron chi connectivity index (χ2n) is 5.20. The number of benzene rings is 1. The predicted molar refractivity (Wildman–Crippen MR) is 84.9 cm³/mol. The molecule has 1 amide bonds. The van der Waals surface area contributed by atoms with E-state index in [0.717, 1.165) is 12.0 Å². The molecule has 0 aliphatic heterocycles. The Hall–Kier alpha value is -2.40. The average molecular weight is 300 g/mol. The SMILES string of the molecule is CCc1ccc(C(CO)NC(=O)c2c[nH]c(=O)cc2C)cc1. The fourth-order valence-electron chi connectivity index (χ4n) is 2.27. The van der Waals surface area contributed by atoms with Crippen molar-refractivity contribution >= 4 is 5.91 Å². The monoisotopic (exact) mass is 300 g/mol. The number of aryl methyl sites for hydroxylation is 2. The van der Waals surface area contributed by atoms with Crippen LogP contribution < -0.4 is 10.9 Å². The van der Waals surface area contributed by atoms with Crippen molar-refractivity contribution < 1.29 is 9.90 Å². The summed E-state index contributed by atoms with van der Waals surface area (Å²) >= 11 is 0. The summed E-state index contributed by atoms with van der Waals surface area (Å²) in [6.45, 7) is 3.58. The number of hydrogen-bond donors (Lipinski definition) is 3. The number of carbonyl (C=O) groups is 1. The highest BCUT2D eigenvalue weighted by Gasteiger charge is 2.16. The van der Waals surface area contributed by atoms with Gasteiger partial charge in [-0.2, -0.15) is 0 Å². The van der Waals surface area contributed by atoms with E-state index in [0.29, 0.717) is 11.1 Å². The van der Waals surface area contributed by atoms with Crippen LogP contribution in [0.3, 0.4) is 0 Å². The Bertz CT molecular complexity index is 705. The number of aliphatic hydroxyl groups excluding tert-OH is 1. The van der Waals surface area contributed by atoms with Crippen LogP contribution in [0.4, 0.5) is 0 Å². The lowest BCUT2D eigenvalue weighted by atomic mass is 10.0. The van der Waals surface area contributed by atoms with Crippen LogP contribution in [-0.4, -0.2) is 22.6 Å². The molecule has 1 heterocycles. The quantitative estimate of drug-likeness (QED) is 0.786. The summed E-state index contributed by atoms with van der Waals surface area (Å²) in [6, 6.07) is 8.66. The molecule has 5 heteroatoms. The van der Waals surface area contributed by atoms with E-state index in [1.807, 2.05) is 24.3 Å². The van der Waals surface area contributed by atoms with Gasteiger partial charge in [-0.05, 0) is 30.0 Å². The maximum atomic E-state index is 12.3. The van der Waals surface area contributed by atoms with Gasteiger partial charge >= 0.3 is 0 Å². The van der Waals surface area contributed by atoms with Crippen LogP contribution in [0.2, 0.25) is 0 Å². The first-order valence-corrected chi connectivity index (χ1v) is 7.25. The highest BCUT2D eigenvalue weighted by molar-refractivity contribution is 5.95. The zero-order valence-electron chi connectivity index (χ0n) is 12.7. The molecule has 2 rings (SSSR count). The normalized spacial score (nSPS) is 12.0. The summed E-state index contributed by atoms with van der Waals surface area (Å²) in [5, 5.41) is 12.3. The molecule has 1 atom stereocenters. The van der Waals surface area contributed by atoms with Crippen LogP contribution in [0.1, 0.15) is 40.0 Å². The van der Waals surface area contributed by atoms with Gasteiger partial charge in [0.2, 0.25) is 5.56 Å². The number of aromatic amines is 1. The first-order valence-electron chi connectivity index (χ1n) is 7.25. The molecule has 22 heavy (non-hydrogen) atoms. The molecular formula is C17H20N2O3. The molecule has 0 saturated carbocycles. The second kappa shape index (κ2) is 7.04. The average Bonchev–Trinajstić information content (AvgIpc) is 2.52. The van der Waals surface area contributed by atoms with Gasteiger partial charge in [-0.3, -0.25) is 9.59 Å². The Morgan fingerprint density at radius 2 is 2.00 bits per heavy atom. The number of pyridine rings is 1. The van der Waals surface area contributed by atoms with Crippen LogP contribution in [0.25, 0.3) is 0 Å². The van der Waals surface area contributed by atoms with Gasteiger partial charge in [0.1, 0.15) is 0 Å². The minimum Gasteiger partial charge on any atom is -0.394 e. The van der Waals surface area contributed by atoms with Crippen molar-refractivity contribution in [2.24, 2.45) is 0 Å². The molecule has 1 unspecified atom stereocenters. The van der Waals surface area contributed by atoms with Gasteiger partial charge in [-0.25, -0.2) is 0 Å². The number of aromatic nitrogens is 1. The first-order chi connectivity index (χ1) is 10.5. The van der Waals surface area contributed by atoms with Crippen LogP contribution >= 0.6 is 0 Å². The van der Waals surface area contributed by atoms with Crippen LogP contribution in [-0.2, 0) is 6.42 Å². The van der Waals surface area contributed by atoms with Crippen LogP contribution in [0.5, 0.6) is 0 Å². The molecule has 1 aromatic carbocycles. The van der Waals surface area contributed by atoms with E-state index in [1.165, 1.54) is 17.8 Å². The molecule has 1 aromatic heterocycles. The summed E-state index contributed by atoms with van der Waals surface area (Å²) in [7, 11) is 0. The number of nitrogens with one attached hydrogen (secondary N) is 2. The maximum absolute atomic E-state index is 12.3. The van der Waals surface area contributed by atoms with Gasteiger partial charge in [0.15, 0.2) is 0 Å². The zero-order chi connectivity index (χ0) is 16.1. The Morgan fingerprint density at radius 1 is 1.32 bits per heavy atom. The molecule has 0 saturated heterocycles. The molecule has 0 aliphatic carbocycles. The van der Waals surface area contributed by atoms with E-state index in [1.54, 1.807) is 6.92 Å². The zero-order valence-corrected chi connectivity index (χ0v) is 12.7. The second-order valence-corrected chi connectivity index (χ2v) is 5.20. The molecule has 0 bridgehead atoms. The number of carbonyl (C=O) groups excluding carboxylic acids is 1. The lowest BCUT2D eigenvalue weighted by Crippen LogP contribution is -2.31. The largest absolute Gasteiger partial charge is 0.394 e. The fraction of sp³-hybridized carbons (Fsp3) is 0.294. The number of hydrogen-bond acceptors (Lipinski definition) is 3. The number of rotatable bonds is 5. The summed E-state index contributed by atoms with van der Waals surface area (Å²) < 4.78 is 0. The highest BCUT2D eigenvalue weighted by Crippen LogP contribution is 2.15. The summed E-state index contributed by atoms with van der Waals surface area (Å²) in [4.78, 5) is 26.0. The van der Waals surface area contributed by atoms with Crippen LogP contribution in [0.15, 0.2) is 41.3 Å². The van der Waals surface area contributed by atoms with E-state index in [9.17, 15) is 14.7 Å². The number of aliphatic hydroxyl groups is 1. The number of amides is 1.